The van der Waals surface area contributed by atoms with Crippen LogP contribution in [-0.4, -0.2) is 41.1 Å². The standard InChI is InChI=1S/C17H21BrN2O3S/c1-20(2)16(13-7-6-8-14(11-13)23-3)12-19-24(21,22)17-10-5-4-9-15(17)18/h4-11,16,19H,12H2,1-3H3/t16-/m1/s1. The maximum absolute atomic E-state index is 12.6. The molecule has 1 N–H and O–H groups in total. The number of sulfonamides is 1. The molecule has 0 fully saturated rings. The van der Waals surface area contributed by atoms with Gasteiger partial charge >= 0.3 is 0 Å². The molecular formula is C17H21BrN2O3S. The van der Waals surface area contributed by atoms with Gasteiger partial charge in [-0.1, -0.05) is 24.3 Å². The van der Waals surface area contributed by atoms with E-state index in [9.17, 15) is 8.42 Å². The molecule has 2 aromatic carbocycles. The van der Waals surface area contributed by atoms with E-state index in [1.165, 1.54) is 0 Å². The Morgan fingerprint density at radius 3 is 2.50 bits per heavy atom. The summed E-state index contributed by atoms with van der Waals surface area (Å²) >= 11 is 3.29. The van der Waals surface area contributed by atoms with Crippen molar-refractivity contribution < 1.29 is 13.2 Å². The first-order valence-corrected chi connectivity index (χ1v) is 9.67. The smallest absolute Gasteiger partial charge is 0.241 e. The Balaban J connectivity index is 2.21. The largest absolute Gasteiger partial charge is 0.497 e. The summed E-state index contributed by atoms with van der Waals surface area (Å²) < 4.78 is 33.6. The third-order valence-electron chi connectivity index (χ3n) is 3.69. The Morgan fingerprint density at radius 2 is 1.88 bits per heavy atom. The normalized spacial score (nSPS) is 13.0. The molecule has 0 aliphatic carbocycles. The maximum Gasteiger partial charge on any atom is 0.241 e. The van der Waals surface area contributed by atoms with Gasteiger partial charge in [-0.05, 0) is 59.9 Å². The van der Waals surface area contributed by atoms with Crippen LogP contribution in [0.4, 0.5) is 0 Å². The number of ether oxygens (including phenoxy) is 1. The van der Waals surface area contributed by atoms with E-state index in [0.29, 0.717) is 4.47 Å². The van der Waals surface area contributed by atoms with Gasteiger partial charge in [-0.3, -0.25) is 0 Å². The minimum atomic E-state index is -3.60. The zero-order chi connectivity index (χ0) is 17.7. The second-order valence-electron chi connectivity index (χ2n) is 5.54. The number of nitrogens with zero attached hydrogens (tertiary/aromatic N) is 1. The summed E-state index contributed by atoms with van der Waals surface area (Å²) in [4.78, 5) is 2.20. The zero-order valence-corrected chi connectivity index (χ0v) is 16.3. The van der Waals surface area contributed by atoms with Crippen molar-refractivity contribution in [1.82, 2.24) is 9.62 Å². The van der Waals surface area contributed by atoms with Crippen LogP contribution in [0.15, 0.2) is 57.9 Å². The number of benzene rings is 2. The van der Waals surface area contributed by atoms with Gasteiger partial charge in [0.1, 0.15) is 5.75 Å². The summed E-state index contributed by atoms with van der Waals surface area (Å²) in [5.41, 5.74) is 0.981. The van der Waals surface area contributed by atoms with Crippen LogP contribution in [0.3, 0.4) is 0 Å². The van der Waals surface area contributed by atoms with Gasteiger partial charge in [0, 0.05) is 17.1 Å². The highest BCUT2D eigenvalue weighted by molar-refractivity contribution is 9.10. The fourth-order valence-corrected chi connectivity index (χ4v) is 4.42. The van der Waals surface area contributed by atoms with Crippen LogP contribution in [0, 0.1) is 0 Å². The van der Waals surface area contributed by atoms with E-state index in [-0.39, 0.29) is 17.5 Å². The Labute approximate surface area is 151 Å². The number of likely N-dealkylation sites (N-methyl/N-ethyl adjacent to an activating group) is 1. The van der Waals surface area contributed by atoms with Gasteiger partial charge in [0.15, 0.2) is 0 Å². The van der Waals surface area contributed by atoms with E-state index in [1.54, 1.807) is 31.4 Å². The fourth-order valence-electron chi connectivity index (χ4n) is 2.38. The van der Waals surface area contributed by atoms with Crippen LogP contribution in [0.5, 0.6) is 5.75 Å². The molecular weight excluding hydrogens is 392 g/mol. The molecule has 0 amide bonds. The average Bonchev–Trinajstić information content (AvgIpc) is 2.55. The summed E-state index contributed by atoms with van der Waals surface area (Å²) in [6, 6.07) is 14.3. The quantitative estimate of drug-likeness (QED) is 0.758. The Bertz CT molecular complexity index is 794. The van der Waals surface area contributed by atoms with Crippen LogP contribution in [0.2, 0.25) is 0 Å². The van der Waals surface area contributed by atoms with E-state index < -0.39 is 10.0 Å². The second kappa shape index (κ2) is 8.11. The van der Waals surface area contributed by atoms with Gasteiger partial charge in [-0.2, -0.15) is 0 Å². The molecule has 0 radical (unpaired) electrons. The van der Waals surface area contributed by atoms with Crippen molar-refractivity contribution in [2.24, 2.45) is 0 Å². The van der Waals surface area contributed by atoms with Gasteiger partial charge in [0.25, 0.3) is 0 Å². The lowest BCUT2D eigenvalue weighted by Crippen LogP contribution is -2.34. The zero-order valence-electron chi connectivity index (χ0n) is 13.9. The molecule has 0 heterocycles. The third kappa shape index (κ3) is 4.57. The van der Waals surface area contributed by atoms with E-state index in [4.69, 9.17) is 4.74 Å². The lowest BCUT2D eigenvalue weighted by molar-refractivity contribution is 0.298. The molecule has 2 rings (SSSR count). The van der Waals surface area contributed by atoms with Gasteiger partial charge in [0.2, 0.25) is 10.0 Å². The van der Waals surface area contributed by atoms with Gasteiger partial charge in [-0.25, -0.2) is 13.1 Å². The highest BCUT2D eigenvalue weighted by Crippen LogP contribution is 2.24. The molecule has 0 saturated carbocycles. The van der Waals surface area contributed by atoms with Gasteiger partial charge < -0.3 is 9.64 Å². The number of nitrogens with one attached hydrogen (secondary N) is 1. The molecule has 130 valence electrons. The first kappa shape index (κ1) is 18.9. The van der Waals surface area contributed by atoms with Crippen LogP contribution in [0.1, 0.15) is 11.6 Å². The fraction of sp³-hybridized carbons (Fsp3) is 0.294. The van der Waals surface area contributed by atoms with E-state index in [1.807, 2.05) is 43.3 Å². The molecule has 5 nitrogen and oxygen atoms in total. The minimum Gasteiger partial charge on any atom is -0.497 e. The summed E-state index contributed by atoms with van der Waals surface area (Å²) in [5.74, 6) is 0.744. The molecule has 7 heteroatoms. The molecule has 1 atom stereocenters. The summed E-state index contributed by atoms with van der Waals surface area (Å²) in [6.45, 7) is 0.254. The minimum absolute atomic E-state index is 0.114. The molecule has 2 aromatic rings. The second-order valence-corrected chi connectivity index (χ2v) is 8.13. The molecule has 0 aromatic heterocycles. The molecule has 24 heavy (non-hydrogen) atoms. The van der Waals surface area contributed by atoms with Crippen molar-refractivity contribution in [1.29, 1.82) is 0 Å². The molecule has 0 bridgehead atoms. The topological polar surface area (TPSA) is 58.6 Å². The maximum atomic E-state index is 12.6. The van der Waals surface area contributed by atoms with Gasteiger partial charge in [0.05, 0.1) is 12.0 Å². The highest BCUT2D eigenvalue weighted by Gasteiger charge is 2.21. The van der Waals surface area contributed by atoms with Crippen molar-refractivity contribution >= 4 is 26.0 Å². The van der Waals surface area contributed by atoms with Crippen molar-refractivity contribution in [3.63, 3.8) is 0 Å². The number of rotatable bonds is 7. The highest BCUT2D eigenvalue weighted by atomic mass is 79.9. The first-order chi connectivity index (χ1) is 11.3. The monoisotopic (exact) mass is 412 g/mol. The van der Waals surface area contributed by atoms with E-state index >= 15 is 0 Å². The lowest BCUT2D eigenvalue weighted by Gasteiger charge is -2.25. The number of methoxy groups -OCH3 is 1. The van der Waals surface area contributed by atoms with E-state index in [0.717, 1.165) is 11.3 Å². The summed E-state index contributed by atoms with van der Waals surface area (Å²) in [7, 11) is 1.84. The van der Waals surface area contributed by atoms with Crippen molar-refractivity contribution in [3.05, 3.63) is 58.6 Å². The lowest BCUT2D eigenvalue weighted by atomic mass is 10.1. The first-order valence-electron chi connectivity index (χ1n) is 7.39. The van der Waals surface area contributed by atoms with Crippen LogP contribution < -0.4 is 9.46 Å². The summed E-state index contributed by atoms with van der Waals surface area (Å²) in [5, 5.41) is 0. The van der Waals surface area contributed by atoms with Crippen molar-refractivity contribution in [2.75, 3.05) is 27.7 Å². The molecule has 0 aliphatic rings. The van der Waals surface area contributed by atoms with Crippen LogP contribution >= 0.6 is 15.9 Å². The third-order valence-corrected chi connectivity index (χ3v) is 6.13. The molecule has 0 saturated heterocycles. The van der Waals surface area contributed by atoms with Crippen molar-refractivity contribution in [3.8, 4) is 5.75 Å². The Kier molecular flexibility index (Phi) is 6.40. The molecule has 0 spiro atoms. The Hall–Kier alpha value is -1.41. The van der Waals surface area contributed by atoms with Gasteiger partial charge in [-0.15, -0.1) is 0 Å². The number of halogens is 1. The number of hydrogen-bond acceptors (Lipinski definition) is 4. The van der Waals surface area contributed by atoms with Crippen molar-refractivity contribution in [2.45, 2.75) is 10.9 Å². The number of hydrogen-bond donors (Lipinski definition) is 1. The predicted molar refractivity (Wildman–Crippen MR) is 98.8 cm³/mol. The molecule has 0 unspecified atom stereocenters. The van der Waals surface area contributed by atoms with Crippen LogP contribution in [-0.2, 0) is 10.0 Å². The average molecular weight is 413 g/mol. The SMILES string of the molecule is COc1cccc([C@@H](CNS(=O)(=O)c2ccccc2Br)N(C)C)c1. The van der Waals surface area contributed by atoms with Crippen LogP contribution in [0.25, 0.3) is 0 Å². The van der Waals surface area contributed by atoms with E-state index in [2.05, 4.69) is 20.7 Å². The Morgan fingerprint density at radius 1 is 1.17 bits per heavy atom. The summed E-state index contributed by atoms with van der Waals surface area (Å²) in [6.07, 6.45) is 0. The molecule has 0 aliphatic heterocycles. The predicted octanol–water partition coefficient (Wildman–Crippen LogP) is 3.04.